The van der Waals surface area contributed by atoms with Crippen molar-refractivity contribution in [2.24, 2.45) is 0 Å². The van der Waals surface area contributed by atoms with Crippen molar-refractivity contribution >= 4 is 53.1 Å². The molecule has 3 aromatic carbocycles. The summed E-state index contributed by atoms with van der Waals surface area (Å²) in [5.74, 6) is 2.17. The molecule has 0 radical (unpaired) electrons. The summed E-state index contributed by atoms with van der Waals surface area (Å²) in [6.07, 6.45) is 12.7. The standard InChI is InChI=1S/3C17H27O7PS.3K/c3*1-14(2)6-3-4-13-24-16-11-9-15(10-12-16)7-5-8-17(25(18,19)20)26(21,22)23;;;/h3*6,9-12,17H,3-5,7-8,13H2,1-2H3,(H2,18,19,20)(H,21,22,23);;;/q;;;3*+1/p-3. The number of hydrogen-bond acceptors (Lipinski definition) is 15. The van der Waals surface area contributed by atoms with Gasteiger partial charge in [-0.2, -0.15) is 0 Å². The molecule has 0 amide bonds. The van der Waals surface area contributed by atoms with Crippen LogP contribution in [0.15, 0.2) is 108 Å². The smallest absolute Gasteiger partial charge is 0.747 e. The maximum Gasteiger partial charge on any atom is 1.00 e. The molecule has 0 heterocycles. The van der Waals surface area contributed by atoms with Crippen LogP contribution in [0.5, 0.6) is 17.2 Å². The minimum Gasteiger partial charge on any atom is -0.747 e. The molecule has 0 saturated carbocycles. The van der Waals surface area contributed by atoms with Gasteiger partial charge in [0.1, 0.15) is 47.6 Å². The fourth-order valence-corrected chi connectivity index (χ4v) is 14.1. The molecule has 0 aromatic heterocycles. The number of unbranched alkanes of at least 4 members (excludes halogenated alkanes) is 3. The second-order valence-electron chi connectivity index (χ2n) is 19.0. The van der Waals surface area contributed by atoms with E-state index in [-0.39, 0.29) is 193 Å². The second-order valence-corrected chi connectivity index (χ2v) is 30.2. The zero-order valence-corrected chi connectivity index (χ0v) is 62.5. The normalized spacial score (nSPS) is 12.8. The third-order valence-electron chi connectivity index (χ3n) is 11.2. The molecule has 30 heteroatoms. The van der Waals surface area contributed by atoms with Gasteiger partial charge in [0, 0.05) is 0 Å². The summed E-state index contributed by atoms with van der Waals surface area (Å²) in [4.78, 5) is 47.5. The van der Waals surface area contributed by atoms with Crippen molar-refractivity contribution in [3.8, 4) is 17.2 Å². The van der Waals surface area contributed by atoms with Crippen LogP contribution in [0.3, 0.4) is 0 Å². The first-order valence-corrected chi connectivity index (χ1v) is 34.5. The Morgan fingerprint density at radius 3 is 0.765 bits per heavy atom. The number of ether oxygens (including phenoxy) is 3. The SMILES string of the molecule is CC(C)=CCCCOc1ccc(CCCC(P(=O)(O)O)S(=O)(=O)[O-])cc1.CC(C)=CCCCOc1ccc(CCCC(P(=O)(O)O)S(=O)(=O)[O-])cc1.CC(C)=CCCCOc1ccc(CCCC(P(=O)(O)O)S(=O)(=O)[O-])cc1.[K+].[K+].[K+]. The summed E-state index contributed by atoms with van der Waals surface area (Å²) in [6.45, 7) is 14.1. The third-order valence-corrected chi connectivity index (χ3v) is 21.7. The Kier molecular flexibility index (Phi) is 47.0. The average molecular weight is 1330 g/mol. The summed E-state index contributed by atoms with van der Waals surface area (Å²) in [5.41, 5.74) is 6.44. The van der Waals surface area contributed by atoms with E-state index < -0.39 is 68.1 Å². The zero-order chi connectivity index (χ0) is 59.4. The molecule has 3 atom stereocenters. The Hall–Kier alpha value is 1.37. The molecule has 81 heavy (non-hydrogen) atoms. The van der Waals surface area contributed by atoms with E-state index in [0.717, 1.165) is 72.5 Å². The molecule has 0 aliphatic carbocycles. The van der Waals surface area contributed by atoms with E-state index in [1.165, 1.54) is 16.7 Å². The number of rotatable bonds is 33. The number of allylic oxidation sites excluding steroid dienone is 6. The van der Waals surface area contributed by atoms with Crippen molar-refractivity contribution in [3.63, 3.8) is 0 Å². The van der Waals surface area contributed by atoms with Crippen LogP contribution < -0.4 is 168 Å². The molecule has 3 rings (SSSR count). The van der Waals surface area contributed by atoms with Crippen LogP contribution in [-0.4, -0.2) is 103 Å². The molecule has 0 saturated heterocycles. The third kappa shape index (κ3) is 42.9. The van der Waals surface area contributed by atoms with Gasteiger partial charge in [0.05, 0.1) is 19.8 Å². The van der Waals surface area contributed by atoms with Gasteiger partial charge in [-0.3, -0.25) is 13.7 Å². The molecule has 3 aromatic rings. The molecule has 444 valence electrons. The van der Waals surface area contributed by atoms with Crippen molar-refractivity contribution in [1.82, 2.24) is 0 Å². The second kappa shape index (κ2) is 43.9. The predicted octanol–water partition coefficient (Wildman–Crippen LogP) is 0.563. The zero-order valence-electron chi connectivity index (χ0n) is 48.0. The molecule has 21 nitrogen and oxygen atoms in total. The van der Waals surface area contributed by atoms with Gasteiger partial charge >= 0.3 is 177 Å². The molecule has 0 aliphatic heterocycles. The minimum atomic E-state index is -5.04. The molecule has 0 fully saturated rings. The summed E-state index contributed by atoms with van der Waals surface area (Å²) >= 11 is 0. The minimum absolute atomic E-state index is 0. The van der Waals surface area contributed by atoms with Crippen LogP contribution in [0.4, 0.5) is 0 Å². The Morgan fingerprint density at radius 1 is 0.407 bits per heavy atom. The summed E-state index contributed by atoms with van der Waals surface area (Å²) in [6, 6.07) is 21.6. The quantitative estimate of drug-likeness (QED) is 0.0160. The van der Waals surface area contributed by atoms with Gasteiger partial charge in [0.2, 0.25) is 0 Å². The topological polar surface area (TPSA) is 372 Å². The Bertz CT molecular complexity index is 2520. The van der Waals surface area contributed by atoms with Gasteiger partial charge in [-0.25, -0.2) is 25.3 Å². The van der Waals surface area contributed by atoms with E-state index in [1.807, 2.05) is 77.9 Å². The maximum absolute atomic E-state index is 11.1. The first-order valence-electron chi connectivity index (χ1n) is 25.0. The van der Waals surface area contributed by atoms with E-state index >= 15 is 0 Å². The van der Waals surface area contributed by atoms with Gasteiger partial charge in [-0.15, -0.1) is 0 Å². The van der Waals surface area contributed by atoms with Gasteiger partial charge in [-0.1, -0.05) is 71.3 Å². The van der Waals surface area contributed by atoms with E-state index in [2.05, 4.69) is 18.2 Å². The molecule has 3 unspecified atom stereocenters. The molecular weight excluding hydrogens is 1250 g/mol. The summed E-state index contributed by atoms with van der Waals surface area (Å²) < 4.78 is 149. The molecule has 6 N–H and O–H groups in total. The fraction of sp³-hybridized carbons (Fsp3) is 0.529. The Morgan fingerprint density at radius 2 is 0.605 bits per heavy atom. The van der Waals surface area contributed by atoms with Crippen LogP contribution in [0.25, 0.3) is 0 Å². The predicted molar refractivity (Wildman–Crippen MR) is 297 cm³/mol. The fourth-order valence-electron chi connectivity index (χ4n) is 7.13. The van der Waals surface area contributed by atoms with Crippen LogP contribution in [0.1, 0.15) is 135 Å². The van der Waals surface area contributed by atoms with E-state index in [9.17, 15) is 52.6 Å². The Balaban J connectivity index is -0.00000111. The Labute approximate surface area is 608 Å². The van der Waals surface area contributed by atoms with Crippen LogP contribution >= 0.6 is 22.8 Å². The molecule has 0 bridgehead atoms. The monoisotopic (exact) mass is 1330 g/mol. The van der Waals surface area contributed by atoms with Gasteiger partial charge in [0.25, 0.3) is 0 Å². The van der Waals surface area contributed by atoms with Gasteiger partial charge in [0.15, 0.2) is 15.0 Å². The summed E-state index contributed by atoms with van der Waals surface area (Å²) in [7, 11) is -30.1. The van der Waals surface area contributed by atoms with Crippen molar-refractivity contribution in [3.05, 3.63) is 124 Å². The van der Waals surface area contributed by atoms with Crippen LogP contribution in [0, 0.1) is 0 Å². The molecular formula is C51H78K3O21P3S3. The largest absolute Gasteiger partial charge is 1.00 e. The number of hydrogen-bond donors (Lipinski definition) is 6. The number of aryl methyl sites for hydroxylation is 3. The molecule has 0 spiro atoms. The summed E-state index contributed by atoms with van der Waals surface area (Å²) in [5, 5.41) is 0. The maximum atomic E-state index is 11.1. The first-order chi connectivity index (χ1) is 36.0. The van der Waals surface area contributed by atoms with E-state index in [1.54, 1.807) is 36.4 Å². The van der Waals surface area contributed by atoms with Crippen molar-refractivity contribution < 1.29 is 250 Å². The van der Waals surface area contributed by atoms with Gasteiger partial charge < -0.3 is 57.2 Å². The van der Waals surface area contributed by atoms with Gasteiger partial charge in [-0.05, 0) is 191 Å². The van der Waals surface area contributed by atoms with Crippen LogP contribution in [-0.2, 0) is 63.3 Å². The first kappa shape index (κ1) is 86.6. The van der Waals surface area contributed by atoms with E-state index in [0.29, 0.717) is 39.1 Å². The molecule has 0 aliphatic rings. The van der Waals surface area contributed by atoms with Crippen molar-refractivity contribution in [1.29, 1.82) is 0 Å². The average Bonchev–Trinajstić information content (AvgIpc) is 3.29. The van der Waals surface area contributed by atoms with Crippen LogP contribution in [0.2, 0.25) is 0 Å². The van der Waals surface area contributed by atoms with Crippen molar-refractivity contribution in [2.45, 2.75) is 153 Å². The number of benzene rings is 3. The van der Waals surface area contributed by atoms with Crippen molar-refractivity contribution in [2.75, 3.05) is 19.8 Å². The van der Waals surface area contributed by atoms with E-state index in [4.69, 9.17) is 43.6 Å².